The fraction of sp³-hybridized carbons (Fsp3) is 0.263. The Labute approximate surface area is 185 Å². The van der Waals surface area contributed by atoms with Gasteiger partial charge in [0.15, 0.2) is 5.82 Å². The molecule has 0 atom stereocenters. The van der Waals surface area contributed by atoms with E-state index in [-0.39, 0.29) is 11.7 Å². The summed E-state index contributed by atoms with van der Waals surface area (Å²) in [4.78, 5) is 18.0. The maximum atomic E-state index is 12.4. The number of aromatic nitrogens is 3. The number of aryl methyl sites for hydroxylation is 1. The van der Waals surface area contributed by atoms with Crippen LogP contribution in [-0.4, -0.2) is 26.8 Å². The second-order valence-corrected chi connectivity index (χ2v) is 9.35. The number of amides is 1. The van der Waals surface area contributed by atoms with Gasteiger partial charge in [0.05, 0.1) is 16.3 Å². The van der Waals surface area contributed by atoms with Gasteiger partial charge in [-0.3, -0.25) is 9.89 Å². The average molecular weight is 464 g/mol. The van der Waals surface area contributed by atoms with Crippen molar-refractivity contribution in [2.24, 2.45) is 0 Å². The van der Waals surface area contributed by atoms with Gasteiger partial charge in [0.1, 0.15) is 11.1 Å². The van der Waals surface area contributed by atoms with E-state index < -0.39 is 0 Å². The van der Waals surface area contributed by atoms with E-state index >= 15 is 0 Å². The fourth-order valence-electron chi connectivity index (χ4n) is 3.18. The van der Waals surface area contributed by atoms with Gasteiger partial charge in [0.2, 0.25) is 11.1 Å². The summed E-state index contributed by atoms with van der Waals surface area (Å²) >= 11 is 14.8. The minimum Gasteiger partial charge on any atom is -0.316 e. The number of benzene rings is 1. The lowest BCUT2D eigenvalue weighted by atomic mass is 9.96. The first-order valence-electron chi connectivity index (χ1n) is 8.90. The Morgan fingerprint density at radius 3 is 2.97 bits per heavy atom. The summed E-state index contributed by atoms with van der Waals surface area (Å²) in [7, 11) is 0. The Kier molecular flexibility index (Phi) is 6.11. The minimum atomic E-state index is -0.194. The highest BCUT2D eigenvalue weighted by atomic mass is 35.5. The van der Waals surface area contributed by atoms with Crippen LogP contribution in [-0.2, 0) is 17.6 Å². The molecule has 1 aromatic carbocycles. The summed E-state index contributed by atoms with van der Waals surface area (Å²) in [5.74, 6) is 0.451. The number of rotatable bonds is 5. The van der Waals surface area contributed by atoms with Crippen LogP contribution in [0.15, 0.2) is 23.4 Å². The molecule has 3 aromatic rings. The molecular formula is C19H15Cl2N5OS2. The number of nitrogens with zero attached hydrogens (tertiary/aromatic N) is 3. The zero-order valence-corrected chi connectivity index (χ0v) is 18.2. The Bertz CT molecular complexity index is 1120. The largest absolute Gasteiger partial charge is 0.316 e. The molecule has 1 amide bonds. The topological polar surface area (TPSA) is 94.5 Å². The van der Waals surface area contributed by atoms with E-state index in [9.17, 15) is 10.1 Å². The number of hydrogen-bond donors (Lipinski definition) is 2. The number of thioether (sulfide) groups is 1. The summed E-state index contributed by atoms with van der Waals surface area (Å²) < 4.78 is 0. The molecular weight excluding hydrogens is 449 g/mol. The first-order chi connectivity index (χ1) is 14.0. The van der Waals surface area contributed by atoms with E-state index in [1.54, 1.807) is 18.2 Å². The number of anilines is 1. The smallest absolute Gasteiger partial charge is 0.235 e. The van der Waals surface area contributed by atoms with E-state index in [0.717, 1.165) is 31.2 Å². The van der Waals surface area contributed by atoms with E-state index in [2.05, 4.69) is 26.6 Å². The van der Waals surface area contributed by atoms with Gasteiger partial charge >= 0.3 is 0 Å². The number of carbonyl (C=O) groups excluding carboxylic acids is 1. The quantitative estimate of drug-likeness (QED) is 0.499. The van der Waals surface area contributed by atoms with Crippen molar-refractivity contribution in [1.82, 2.24) is 15.2 Å². The first kappa shape index (κ1) is 20.2. The predicted molar refractivity (Wildman–Crippen MR) is 117 cm³/mol. The van der Waals surface area contributed by atoms with Crippen molar-refractivity contribution in [2.75, 3.05) is 11.1 Å². The monoisotopic (exact) mass is 463 g/mol. The van der Waals surface area contributed by atoms with Crippen molar-refractivity contribution < 1.29 is 4.79 Å². The third-order valence-corrected chi connectivity index (χ3v) is 7.12. The molecule has 0 saturated carbocycles. The third kappa shape index (κ3) is 4.43. The molecule has 148 valence electrons. The lowest BCUT2D eigenvalue weighted by molar-refractivity contribution is -0.113. The van der Waals surface area contributed by atoms with Crippen molar-refractivity contribution in [3.8, 4) is 17.5 Å². The van der Waals surface area contributed by atoms with Gasteiger partial charge in [0, 0.05) is 15.5 Å². The maximum Gasteiger partial charge on any atom is 0.235 e. The molecule has 10 heteroatoms. The molecule has 0 saturated heterocycles. The normalized spacial score (nSPS) is 13.0. The van der Waals surface area contributed by atoms with Crippen molar-refractivity contribution >= 4 is 57.2 Å². The second-order valence-electron chi connectivity index (χ2n) is 6.45. The molecule has 0 spiro atoms. The summed E-state index contributed by atoms with van der Waals surface area (Å²) in [5.41, 5.74) is 2.40. The Morgan fingerprint density at radius 2 is 2.17 bits per heavy atom. The summed E-state index contributed by atoms with van der Waals surface area (Å²) in [6.45, 7) is 0. The van der Waals surface area contributed by atoms with Crippen LogP contribution in [0.2, 0.25) is 10.0 Å². The molecule has 0 fully saturated rings. The second kappa shape index (κ2) is 8.76. The molecule has 2 N–H and O–H groups in total. The third-order valence-electron chi connectivity index (χ3n) is 4.52. The zero-order chi connectivity index (χ0) is 20.4. The molecule has 4 rings (SSSR count). The number of H-pyrrole nitrogens is 1. The van der Waals surface area contributed by atoms with E-state index in [1.807, 2.05) is 0 Å². The SMILES string of the molecule is N#Cc1c(NC(=O)CSc2n[nH]c(-c3ccc(Cl)cc3Cl)n2)sc2c1CCCC2. The zero-order valence-electron chi connectivity index (χ0n) is 15.1. The van der Waals surface area contributed by atoms with Gasteiger partial charge in [-0.25, -0.2) is 4.98 Å². The molecule has 0 unspecified atom stereocenters. The predicted octanol–water partition coefficient (Wildman–Crippen LogP) is 5.32. The van der Waals surface area contributed by atoms with Gasteiger partial charge in [-0.1, -0.05) is 35.0 Å². The molecule has 1 aliphatic carbocycles. The first-order valence-corrected chi connectivity index (χ1v) is 11.5. The number of nitrogens with one attached hydrogen (secondary N) is 2. The van der Waals surface area contributed by atoms with Crippen molar-refractivity contribution in [1.29, 1.82) is 5.26 Å². The van der Waals surface area contributed by atoms with Crippen LogP contribution in [0.3, 0.4) is 0 Å². The van der Waals surface area contributed by atoms with Gasteiger partial charge in [-0.15, -0.1) is 16.4 Å². The Hall–Kier alpha value is -2.05. The van der Waals surface area contributed by atoms with E-state index in [4.69, 9.17) is 23.2 Å². The maximum absolute atomic E-state index is 12.4. The van der Waals surface area contributed by atoms with Crippen LogP contribution in [0.4, 0.5) is 5.00 Å². The molecule has 2 aromatic heterocycles. The van der Waals surface area contributed by atoms with Crippen LogP contribution in [0, 0.1) is 11.3 Å². The van der Waals surface area contributed by atoms with Crippen LogP contribution in [0.1, 0.15) is 28.8 Å². The van der Waals surface area contributed by atoms with Crippen LogP contribution < -0.4 is 5.32 Å². The van der Waals surface area contributed by atoms with Crippen molar-refractivity contribution in [3.63, 3.8) is 0 Å². The molecule has 1 aliphatic rings. The highest BCUT2D eigenvalue weighted by Crippen LogP contribution is 2.37. The number of carbonyl (C=O) groups is 1. The number of fused-ring (bicyclic) bond motifs is 1. The average Bonchev–Trinajstić information content (AvgIpc) is 3.30. The van der Waals surface area contributed by atoms with Crippen LogP contribution in [0.5, 0.6) is 0 Å². The highest BCUT2D eigenvalue weighted by Gasteiger charge is 2.22. The molecule has 2 heterocycles. The number of nitriles is 1. The molecule has 0 aliphatic heterocycles. The summed E-state index contributed by atoms with van der Waals surface area (Å²) in [6.07, 6.45) is 4.11. The molecule has 29 heavy (non-hydrogen) atoms. The number of aromatic amines is 1. The van der Waals surface area contributed by atoms with Gasteiger partial charge in [0.25, 0.3) is 0 Å². The van der Waals surface area contributed by atoms with Crippen molar-refractivity contribution in [3.05, 3.63) is 44.2 Å². The Balaban J connectivity index is 1.40. The molecule has 6 nitrogen and oxygen atoms in total. The van der Waals surface area contributed by atoms with Gasteiger partial charge < -0.3 is 5.32 Å². The Morgan fingerprint density at radius 1 is 1.34 bits per heavy atom. The highest BCUT2D eigenvalue weighted by molar-refractivity contribution is 7.99. The van der Waals surface area contributed by atoms with Gasteiger partial charge in [-0.05, 0) is 49.4 Å². The minimum absolute atomic E-state index is 0.138. The molecule has 0 radical (unpaired) electrons. The van der Waals surface area contributed by atoms with Gasteiger partial charge in [-0.2, -0.15) is 5.26 Å². The van der Waals surface area contributed by atoms with E-state index in [0.29, 0.717) is 37.2 Å². The summed E-state index contributed by atoms with van der Waals surface area (Å²) in [6, 6.07) is 7.36. The fourth-order valence-corrected chi connectivity index (χ4v) is 5.53. The van der Waals surface area contributed by atoms with Crippen molar-refractivity contribution in [2.45, 2.75) is 30.8 Å². The molecule has 0 bridgehead atoms. The lowest BCUT2D eigenvalue weighted by Crippen LogP contribution is -2.14. The van der Waals surface area contributed by atoms with E-state index in [1.165, 1.54) is 28.0 Å². The number of halogens is 2. The lowest BCUT2D eigenvalue weighted by Gasteiger charge is -2.09. The summed E-state index contributed by atoms with van der Waals surface area (Å²) in [5, 5.41) is 21.4. The standard InChI is InChI=1S/C19H15Cl2N5OS2/c20-10-5-6-12(14(21)7-10)17-24-19(26-25-17)28-9-16(27)23-18-13(8-22)11-3-1-2-4-15(11)29-18/h5-7H,1-4,9H2,(H,23,27)(H,24,25,26). The van der Waals surface area contributed by atoms with Crippen LogP contribution in [0.25, 0.3) is 11.4 Å². The number of hydrogen-bond acceptors (Lipinski definition) is 6. The number of thiophene rings is 1. The van der Waals surface area contributed by atoms with Crippen LogP contribution >= 0.6 is 46.3 Å².